The largest absolute Gasteiger partial charge is 0.303 e. The molecule has 1 N–H and O–H groups in total. The van der Waals surface area contributed by atoms with Crippen molar-refractivity contribution >= 4 is 0 Å². The van der Waals surface area contributed by atoms with Gasteiger partial charge in [-0.3, -0.25) is 0 Å². The third-order valence-electron chi connectivity index (χ3n) is 4.25. The molecule has 0 saturated carbocycles. The molecule has 98 valence electrons. The van der Waals surface area contributed by atoms with E-state index in [4.69, 9.17) is 0 Å². The minimum atomic E-state index is -0.303. The molecule has 17 heavy (non-hydrogen) atoms. The number of nitriles is 1. The fraction of sp³-hybridized carbons (Fsp3) is 0.929. The van der Waals surface area contributed by atoms with E-state index in [0.29, 0.717) is 0 Å². The van der Waals surface area contributed by atoms with Gasteiger partial charge in [0.1, 0.15) is 5.54 Å². The number of nitrogens with one attached hydrogen (secondary N) is 1. The van der Waals surface area contributed by atoms with Crippen molar-refractivity contribution in [3.05, 3.63) is 0 Å². The van der Waals surface area contributed by atoms with Crippen LogP contribution in [0.1, 0.15) is 46.0 Å². The van der Waals surface area contributed by atoms with Crippen LogP contribution in [0.4, 0.5) is 0 Å². The summed E-state index contributed by atoms with van der Waals surface area (Å²) >= 11 is 0. The fourth-order valence-electron chi connectivity index (χ4n) is 2.56. The number of hydrogen-bond acceptors (Lipinski definition) is 3. The Morgan fingerprint density at radius 3 is 2.53 bits per heavy atom. The van der Waals surface area contributed by atoms with Gasteiger partial charge >= 0.3 is 0 Å². The molecule has 0 aromatic heterocycles. The molecule has 1 aliphatic rings. The second-order valence-corrected chi connectivity index (χ2v) is 5.43. The lowest BCUT2D eigenvalue weighted by atomic mass is 9.92. The van der Waals surface area contributed by atoms with Crippen molar-refractivity contribution in [3.8, 4) is 6.07 Å². The second kappa shape index (κ2) is 6.98. The standard InChI is InChI=1S/C14H27N3/c1-4-14(12-15,16-3)8-5-9-17-10-6-13(2)7-11-17/h13,16H,4-11H2,1-3H3. The lowest BCUT2D eigenvalue weighted by Gasteiger charge is -2.31. The zero-order valence-corrected chi connectivity index (χ0v) is 11.6. The number of piperidine rings is 1. The summed E-state index contributed by atoms with van der Waals surface area (Å²) in [5, 5.41) is 12.4. The van der Waals surface area contributed by atoms with Gasteiger partial charge < -0.3 is 10.2 Å². The lowest BCUT2D eigenvalue weighted by Crippen LogP contribution is -2.42. The summed E-state index contributed by atoms with van der Waals surface area (Å²) in [6.45, 7) is 8.06. The topological polar surface area (TPSA) is 39.1 Å². The average molecular weight is 237 g/mol. The third kappa shape index (κ3) is 4.29. The average Bonchev–Trinajstić information content (AvgIpc) is 2.38. The Hall–Kier alpha value is -0.590. The van der Waals surface area contributed by atoms with Crippen molar-refractivity contribution in [2.45, 2.75) is 51.5 Å². The van der Waals surface area contributed by atoms with Crippen molar-refractivity contribution in [3.63, 3.8) is 0 Å². The highest BCUT2D eigenvalue weighted by Crippen LogP contribution is 2.19. The van der Waals surface area contributed by atoms with Crippen LogP contribution in [-0.4, -0.2) is 37.1 Å². The molecule has 1 atom stereocenters. The first-order valence-corrected chi connectivity index (χ1v) is 6.98. The van der Waals surface area contributed by atoms with Gasteiger partial charge in [-0.15, -0.1) is 0 Å². The molecule has 0 amide bonds. The highest BCUT2D eigenvalue weighted by molar-refractivity contribution is 5.05. The van der Waals surface area contributed by atoms with Crippen LogP contribution in [-0.2, 0) is 0 Å². The van der Waals surface area contributed by atoms with Gasteiger partial charge in [-0.1, -0.05) is 13.8 Å². The molecule has 0 aromatic rings. The van der Waals surface area contributed by atoms with E-state index in [0.717, 1.165) is 31.7 Å². The van der Waals surface area contributed by atoms with Crippen LogP contribution in [0.15, 0.2) is 0 Å². The van der Waals surface area contributed by atoms with Crippen LogP contribution < -0.4 is 5.32 Å². The van der Waals surface area contributed by atoms with Crippen molar-refractivity contribution in [1.82, 2.24) is 10.2 Å². The third-order valence-corrected chi connectivity index (χ3v) is 4.25. The van der Waals surface area contributed by atoms with Crippen molar-refractivity contribution in [2.24, 2.45) is 5.92 Å². The summed E-state index contributed by atoms with van der Waals surface area (Å²) in [7, 11) is 1.90. The normalized spacial score (nSPS) is 22.0. The van der Waals surface area contributed by atoms with Gasteiger partial charge in [-0.2, -0.15) is 5.26 Å². The van der Waals surface area contributed by atoms with Gasteiger partial charge in [-0.05, 0) is 64.7 Å². The van der Waals surface area contributed by atoms with E-state index in [1.165, 1.54) is 25.9 Å². The maximum absolute atomic E-state index is 9.22. The van der Waals surface area contributed by atoms with Gasteiger partial charge in [0.25, 0.3) is 0 Å². The first-order chi connectivity index (χ1) is 8.15. The predicted octanol–water partition coefficient (Wildman–Crippen LogP) is 2.39. The van der Waals surface area contributed by atoms with Gasteiger partial charge in [0.2, 0.25) is 0 Å². The number of likely N-dealkylation sites (tertiary alicyclic amines) is 1. The maximum Gasteiger partial charge on any atom is 0.106 e. The van der Waals surface area contributed by atoms with Crippen molar-refractivity contribution < 1.29 is 0 Å². The van der Waals surface area contributed by atoms with Crippen LogP contribution >= 0.6 is 0 Å². The maximum atomic E-state index is 9.22. The molecule has 0 spiro atoms. The molecule has 1 unspecified atom stereocenters. The van der Waals surface area contributed by atoms with Crippen molar-refractivity contribution in [1.29, 1.82) is 5.26 Å². The fourth-order valence-corrected chi connectivity index (χ4v) is 2.56. The second-order valence-electron chi connectivity index (χ2n) is 5.43. The minimum absolute atomic E-state index is 0.303. The lowest BCUT2D eigenvalue weighted by molar-refractivity contribution is 0.184. The predicted molar refractivity (Wildman–Crippen MR) is 71.8 cm³/mol. The Labute approximate surface area is 106 Å². The van der Waals surface area contributed by atoms with Crippen LogP contribution in [0.3, 0.4) is 0 Å². The Balaban J connectivity index is 2.25. The SMILES string of the molecule is CCC(C#N)(CCCN1CCC(C)CC1)NC. The van der Waals surface area contributed by atoms with Crippen LogP contribution in [0.25, 0.3) is 0 Å². The smallest absolute Gasteiger partial charge is 0.106 e. The first-order valence-electron chi connectivity index (χ1n) is 6.98. The molecule has 1 rings (SSSR count). The Morgan fingerprint density at radius 1 is 1.41 bits per heavy atom. The van der Waals surface area contributed by atoms with Gasteiger partial charge in [0.15, 0.2) is 0 Å². The van der Waals surface area contributed by atoms with Gasteiger partial charge in [0.05, 0.1) is 6.07 Å². The number of hydrogen-bond donors (Lipinski definition) is 1. The minimum Gasteiger partial charge on any atom is -0.303 e. The van der Waals surface area contributed by atoms with Gasteiger partial charge in [-0.25, -0.2) is 0 Å². The summed E-state index contributed by atoms with van der Waals surface area (Å²) in [6.07, 6.45) is 5.64. The zero-order chi connectivity index (χ0) is 12.7. The van der Waals surface area contributed by atoms with E-state index in [2.05, 4.69) is 30.1 Å². The Morgan fingerprint density at radius 2 is 2.06 bits per heavy atom. The van der Waals surface area contributed by atoms with E-state index in [1.807, 2.05) is 7.05 Å². The highest BCUT2D eigenvalue weighted by atomic mass is 15.1. The highest BCUT2D eigenvalue weighted by Gasteiger charge is 2.25. The molecule has 0 aromatic carbocycles. The van der Waals surface area contributed by atoms with E-state index in [9.17, 15) is 5.26 Å². The zero-order valence-electron chi connectivity index (χ0n) is 11.6. The molecule has 1 heterocycles. The summed E-state index contributed by atoms with van der Waals surface area (Å²) in [6, 6.07) is 2.43. The summed E-state index contributed by atoms with van der Waals surface area (Å²) < 4.78 is 0. The molecular weight excluding hydrogens is 210 g/mol. The van der Waals surface area contributed by atoms with Crippen molar-refractivity contribution in [2.75, 3.05) is 26.7 Å². The molecule has 1 aliphatic heterocycles. The molecule has 1 fully saturated rings. The summed E-state index contributed by atoms with van der Waals surface area (Å²) in [5.41, 5.74) is -0.303. The van der Waals surface area contributed by atoms with E-state index in [-0.39, 0.29) is 5.54 Å². The van der Waals surface area contributed by atoms with E-state index >= 15 is 0 Å². The van der Waals surface area contributed by atoms with E-state index in [1.54, 1.807) is 0 Å². The first kappa shape index (κ1) is 14.5. The molecule has 3 nitrogen and oxygen atoms in total. The quantitative estimate of drug-likeness (QED) is 0.771. The molecule has 0 aliphatic carbocycles. The molecule has 0 bridgehead atoms. The molecule has 0 radical (unpaired) electrons. The summed E-state index contributed by atoms with van der Waals surface area (Å²) in [5.74, 6) is 0.900. The monoisotopic (exact) mass is 237 g/mol. The molecule has 1 saturated heterocycles. The van der Waals surface area contributed by atoms with Crippen LogP contribution in [0, 0.1) is 17.2 Å². The van der Waals surface area contributed by atoms with Crippen LogP contribution in [0.5, 0.6) is 0 Å². The number of rotatable bonds is 6. The number of nitrogens with zero attached hydrogens (tertiary/aromatic N) is 2. The Kier molecular flexibility index (Phi) is 5.94. The summed E-state index contributed by atoms with van der Waals surface area (Å²) in [4.78, 5) is 2.55. The van der Waals surface area contributed by atoms with Crippen LogP contribution in [0.2, 0.25) is 0 Å². The molecule has 3 heteroatoms. The van der Waals surface area contributed by atoms with E-state index < -0.39 is 0 Å². The van der Waals surface area contributed by atoms with Gasteiger partial charge in [0, 0.05) is 0 Å². The Bertz CT molecular complexity index is 245. The molecular formula is C14H27N3.